The van der Waals surface area contributed by atoms with Gasteiger partial charge < -0.3 is 14.8 Å². The molecule has 0 saturated carbocycles. The Balaban J connectivity index is 2.00. The Morgan fingerprint density at radius 2 is 2.00 bits per heavy atom. The topological polar surface area (TPSA) is 62.5 Å². The normalized spacial score (nSPS) is 13.8. The highest BCUT2D eigenvalue weighted by Gasteiger charge is 2.24. The molecule has 19 heavy (non-hydrogen) atoms. The number of halogens is 1. The lowest BCUT2D eigenvalue weighted by atomic mass is 9.96. The third-order valence-electron chi connectivity index (χ3n) is 2.79. The van der Waals surface area contributed by atoms with Crippen LogP contribution in [-0.4, -0.2) is 17.6 Å². The molecular weight excluding hydrogens is 310 g/mol. The second-order valence-corrected chi connectivity index (χ2v) is 5.21. The summed E-state index contributed by atoms with van der Waals surface area (Å²) in [6, 6.07) is 12.4. The molecule has 5 heteroatoms. The second kappa shape index (κ2) is 5.59. The zero-order chi connectivity index (χ0) is 13.9. The SMILES string of the molecule is CC(O)(CNC(=O)c1ccc(Br)o1)c1ccccc1. The molecule has 0 saturated heterocycles. The van der Waals surface area contributed by atoms with E-state index >= 15 is 0 Å². The van der Waals surface area contributed by atoms with Crippen LogP contribution in [0, 0.1) is 0 Å². The van der Waals surface area contributed by atoms with E-state index in [1.807, 2.05) is 30.3 Å². The van der Waals surface area contributed by atoms with E-state index in [9.17, 15) is 9.90 Å². The van der Waals surface area contributed by atoms with Gasteiger partial charge in [-0.05, 0) is 40.5 Å². The van der Waals surface area contributed by atoms with Crippen molar-refractivity contribution in [2.45, 2.75) is 12.5 Å². The van der Waals surface area contributed by atoms with Crippen LogP contribution in [0.4, 0.5) is 0 Å². The van der Waals surface area contributed by atoms with Gasteiger partial charge in [0.25, 0.3) is 5.91 Å². The van der Waals surface area contributed by atoms with E-state index in [1.54, 1.807) is 19.1 Å². The maximum absolute atomic E-state index is 11.8. The van der Waals surface area contributed by atoms with Crippen LogP contribution in [-0.2, 0) is 5.60 Å². The molecule has 2 rings (SSSR count). The van der Waals surface area contributed by atoms with Crippen LogP contribution in [0.1, 0.15) is 23.0 Å². The first-order valence-electron chi connectivity index (χ1n) is 5.80. The van der Waals surface area contributed by atoms with E-state index in [1.165, 1.54) is 0 Å². The lowest BCUT2D eigenvalue weighted by molar-refractivity contribution is 0.0518. The van der Waals surface area contributed by atoms with E-state index in [-0.39, 0.29) is 18.2 Å². The van der Waals surface area contributed by atoms with Crippen LogP contribution in [0.3, 0.4) is 0 Å². The average Bonchev–Trinajstić information content (AvgIpc) is 2.84. The molecule has 0 bridgehead atoms. The average molecular weight is 324 g/mol. The zero-order valence-corrected chi connectivity index (χ0v) is 12.0. The molecule has 1 atom stereocenters. The summed E-state index contributed by atoms with van der Waals surface area (Å²) in [7, 11) is 0. The predicted octanol–water partition coefficient (Wildman–Crippen LogP) is 2.68. The van der Waals surface area contributed by atoms with Gasteiger partial charge in [0.15, 0.2) is 10.4 Å². The minimum absolute atomic E-state index is 0.105. The molecule has 1 aromatic heterocycles. The molecule has 0 aliphatic rings. The molecule has 1 unspecified atom stereocenters. The predicted molar refractivity (Wildman–Crippen MR) is 74.8 cm³/mol. The van der Waals surface area contributed by atoms with Gasteiger partial charge in [0.1, 0.15) is 5.60 Å². The van der Waals surface area contributed by atoms with Crippen LogP contribution in [0.15, 0.2) is 51.6 Å². The molecule has 0 aliphatic carbocycles. The van der Waals surface area contributed by atoms with Gasteiger partial charge in [0.2, 0.25) is 0 Å². The fourth-order valence-electron chi connectivity index (χ4n) is 1.68. The van der Waals surface area contributed by atoms with Crippen LogP contribution in [0.25, 0.3) is 0 Å². The highest BCUT2D eigenvalue weighted by atomic mass is 79.9. The number of hydrogen-bond acceptors (Lipinski definition) is 3. The largest absolute Gasteiger partial charge is 0.444 e. The number of aliphatic hydroxyl groups is 1. The third kappa shape index (κ3) is 3.45. The molecule has 1 heterocycles. The molecule has 1 amide bonds. The summed E-state index contributed by atoms with van der Waals surface area (Å²) in [5, 5.41) is 13.0. The van der Waals surface area contributed by atoms with Gasteiger partial charge in [0, 0.05) is 0 Å². The van der Waals surface area contributed by atoms with Crippen molar-refractivity contribution in [1.29, 1.82) is 0 Å². The Bertz CT molecular complexity index is 563. The van der Waals surface area contributed by atoms with Crippen LogP contribution < -0.4 is 5.32 Å². The van der Waals surface area contributed by atoms with E-state index in [0.29, 0.717) is 4.67 Å². The fourth-order valence-corrected chi connectivity index (χ4v) is 1.98. The number of furan rings is 1. The van der Waals surface area contributed by atoms with Crippen molar-refractivity contribution in [3.8, 4) is 0 Å². The Morgan fingerprint density at radius 1 is 1.32 bits per heavy atom. The number of nitrogens with one attached hydrogen (secondary N) is 1. The van der Waals surface area contributed by atoms with Crippen LogP contribution >= 0.6 is 15.9 Å². The molecule has 2 N–H and O–H groups in total. The van der Waals surface area contributed by atoms with Crippen molar-refractivity contribution in [2.24, 2.45) is 0 Å². The molecular formula is C14H14BrNO3. The zero-order valence-electron chi connectivity index (χ0n) is 10.4. The minimum Gasteiger partial charge on any atom is -0.444 e. The summed E-state index contributed by atoms with van der Waals surface area (Å²) in [5.74, 6) is -0.155. The van der Waals surface area contributed by atoms with E-state index in [2.05, 4.69) is 21.2 Å². The quantitative estimate of drug-likeness (QED) is 0.909. The first-order valence-corrected chi connectivity index (χ1v) is 6.60. The smallest absolute Gasteiger partial charge is 0.287 e. The van der Waals surface area contributed by atoms with Gasteiger partial charge in [-0.25, -0.2) is 0 Å². The molecule has 100 valence electrons. The van der Waals surface area contributed by atoms with E-state index in [0.717, 1.165) is 5.56 Å². The molecule has 1 aromatic carbocycles. The summed E-state index contributed by atoms with van der Waals surface area (Å²) in [4.78, 5) is 11.8. The van der Waals surface area contributed by atoms with E-state index < -0.39 is 5.60 Å². The maximum atomic E-state index is 11.8. The van der Waals surface area contributed by atoms with Gasteiger partial charge in [-0.3, -0.25) is 4.79 Å². The van der Waals surface area contributed by atoms with Gasteiger partial charge in [0.05, 0.1) is 6.54 Å². The van der Waals surface area contributed by atoms with Gasteiger partial charge >= 0.3 is 0 Å². The van der Waals surface area contributed by atoms with E-state index in [4.69, 9.17) is 4.42 Å². The van der Waals surface area contributed by atoms with Gasteiger partial charge in [-0.2, -0.15) is 0 Å². The van der Waals surface area contributed by atoms with Crippen LogP contribution in [0.5, 0.6) is 0 Å². The molecule has 0 aliphatic heterocycles. The van der Waals surface area contributed by atoms with Crippen molar-refractivity contribution >= 4 is 21.8 Å². The molecule has 0 radical (unpaired) electrons. The number of carbonyl (C=O) groups is 1. The Kier molecular flexibility index (Phi) is 4.07. The van der Waals surface area contributed by atoms with Crippen molar-refractivity contribution < 1.29 is 14.3 Å². The summed E-state index contributed by atoms with van der Waals surface area (Å²) in [5.41, 5.74) is -0.378. The Morgan fingerprint density at radius 3 is 2.58 bits per heavy atom. The summed E-state index contributed by atoms with van der Waals surface area (Å²) in [6.07, 6.45) is 0. The number of benzene rings is 1. The summed E-state index contributed by atoms with van der Waals surface area (Å²) in [6.45, 7) is 1.76. The first-order chi connectivity index (χ1) is 8.99. The number of rotatable bonds is 4. The summed E-state index contributed by atoms with van der Waals surface area (Å²) < 4.78 is 5.63. The van der Waals surface area contributed by atoms with Gasteiger partial charge in [-0.15, -0.1) is 0 Å². The first kappa shape index (κ1) is 13.8. The molecule has 0 spiro atoms. The lowest BCUT2D eigenvalue weighted by Crippen LogP contribution is -2.38. The van der Waals surface area contributed by atoms with Crippen molar-refractivity contribution in [1.82, 2.24) is 5.32 Å². The third-order valence-corrected chi connectivity index (χ3v) is 3.21. The monoisotopic (exact) mass is 323 g/mol. The second-order valence-electron chi connectivity index (χ2n) is 4.43. The minimum atomic E-state index is -1.12. The molecule has 4 nitrogen and oxygen atoms in total. The summed E-state index contributed by atoms with van der Waals surface area (Å²) >= 11 is 3.13. The lowest BCUT2D eigenvalue weighted by Gasteiger charge is -2.23. The highest BCUT2D eigenvalue weighted by Crippen LogP contribution is 2.19. The Hall–Kier alpha value is -1.59. The van der Waals surface area contributed by atoms with Gasteiger partial charge in [-0.1, -0.05) is 30.3 Å². The fraction of sp³-hybridized carbons (Fsp3) is 0.214. The maximum Gasteiger partial charge on any atom is 0.287 e. The number of carbonyl (C=O) groups excluding carboxylic acids is 1. The van der Waals surface area contributed by atoms with Crippen molar-refractivity contribution in [2.75, 3.05) is 6.54 Å². The van der Waals surface area contributed by atoms with Crippen molar-refractivity contribution in [3.63, 3.8) is 0 Å². The Labute approximate surface area is 119 Å². The van der Waals surface area contributed by atoms with Crippen molar-refractivity contribution in [3.05, 3.63) is 58.5 Å². The number of amides is 1. The molecule has 2 aromatic rings. The number of hydrogen-bond donors (Lipinski definition) is 2. The standard InChI is InChI=1S/C14H14BrNO3/c1-14(18,10-5-3-2-4-6-10)9-16-13(17)11-7-8-12(15)19-11/h2-8,18H,9H2,1H3,(H,16,17). The van der Waals surface area contributed by atoms with Crippen LogP contribution in [0.2, 0.25) is 0 Å². The highest BCUT2D eigenvalue weighted by molar-refractivity contribution is 9.10. The molecule has 0 fully saturated rings.